The highest BCUT2D eigenvalue weighted by Crippen LogP contribution is 2.61. The third kappa shape index (κ3) is 5.71. The Morgan fingerprint density at radius 1 is 1.13 bits per heavy atom. The summed E-state index contributed by atoms with van der Waals surface area (Å²) < 4.78 is 48.9. The first kappa shape index (κ1) is 24.3. The number of nitrogens with one attached hydrogen (secondary N) is 1. The number of aliphatic hydroxyl groups is 2. The zero-order valence-corrected chi connectivity index (χ0v) is 17.7. The van der Waals surface area contributed by atoms with Crippen molar-refractivity contribution in [3.63, 3.8) is 0 Å². The quantitative estimate of drug-likeness (QED) is 0.179. The maximum Gasteiger partial charge on any atom is 0.480 e. The van der Waals surface area contributed by atoms with Gasteiger partial charge in [-0.3, -0.25) is 9.09 Å². The number of nitrogens with zero attached hydrogens (tertiary/aromatic N) is 4. The molecule has 174 valence electrons. The molecule has 1 aliphatic heterocycles. The van der Waals surface area contributed by atoms with E-state index in [1.807, 2.05) is 0 Å². The fraction of sp³-hybridized carbons (Fsp3) is 0.500. The number of aromatic nitrogens is 4. The number of imidazole rings is 1. The second kappa shape index (κ2) is 8.53. The number of fused-ring (bicyclic) bond motifs is 1. The second-order valence-electron chi connectivity index (χ2n) is 6.14. The van der Waals surface area contributed by atoms with Crippen LogP contribution in [0.4, 0.5) is 5.82 Å². The molecule has 0 aliphatic carbocycles. The summed E-state index contributed by atoms with van der Waals surface area (Å²) in [4.78, 5) is 48.5. The Morgan fingerprint density at radius 2 is 1.81 bits per heavy atom. The van der Waals surface area contributed by atoms with Gasteiger partial charge in [0.15, 0.2) is 17.7 Å². The first-order valence-corrected chi connectivity index (χ1v) is 12.7. The fourth-order valence-electron chi connectivity index (χ4n) is 2.67. The van der Waals surface area contributed by atoms with E-state index >= 15 is 0 Å². The third-order valence-electron chi connectivity index (χ3n) is 3.87. The molecule has 0 aromatic carbocycles. The lowest BCUT2D eigenvalue weighted by atomic mass is 10.1. The Labute approximate surface area is 172 Å². The molecule has 1 fully saturated rings. The van der Waals surface area contributed by atoms with Crippen LogP contribution >= 0.6 is 23.3 Å². The average molecular weight is 506 g/mol. The Bertz CT molecular complexity index is 1110. The summed E-state index contributed by atoms with van der Waals surface area (Å²) in [6, 6.07) is 0. The van der Waals surface area contributed by atoms with E-state index in [2.05, 4.69) is 23.8 Å². The maximum atomic E-state index is 11.8. The van der Waals surface area contributed by atoms with Crippen LogP contribution in [0.5, 0.6) is 0 Å². The first-order valence-electron chi connectivity index (χ1n) is 8.00. The molecule has 1 aliphatic rings. The molecule has 0 spiro atoms. The van der Waals surface area contributed by atoms with Gasteiger partial charge in [-0.1, -0.05) is 0 Å². The molecule has 9 N–H and O–H groups in total. The number of nitrogen functional groups attached to an aromatic ring is 1. The first-order chi connectivity index (χ1) is 14.2. The van der Waals surface area contributed by atoms with Gasteiger partial charge in [0.05, 0.1) is 12.9 Å². The number of hydrogen-bond donors (Lipinski definition) is 8. The van der Waals surface area contributed by atoms with Crippen molar-refractivity contribution >= 4 is 40.3 Å². The van der Waals surface area contributed by atoms with Gasteiger partial charge in [-0.2, -0.15) is 4.31 Å². The monoisotopic (exact) mass is 506 g/mol. The van der Waals surface area contributed by atoms with E-state index in [9.17, 15) is 33.7 Å². The van der Waals surface area contributed by atoms with Crippen LogP contribution in [0.25, 0.3) is 11.2 Å². The Morgan fingerprint density at radius 3 is 2.45 bits per heavy atom. The number of phosphoric ester groups is 1. The molecule has 3 heterocycles. The van der Waals surface area contributed by atoms with Crippen LogP contribution in [0.2, 0.25) is 0 Å². The lowest BCUT2D eigenvalue weighted by Gasteiger charge is -2.19. The number of nitrogens with two attached hydrogens (primary N) is 1. The Balaban J connectivity index is 1.69. The zero-order valence-electron chi connectivity index (χ0n) is 15.0. The molecule has 2 aromatic heterocycles. The number of anilines is 1. The van der Waals surface area contributed by atoms with Crippen molar-refractivity contribution in [1.82, 2.24) is 24.4 Å². The number of hydrogen-bond acceptors (Lipinski definition) is 12. The highest BCUT2D eigenvalue weighted by Gasteiger charge is 2.46. The van der Waals surface area contributed by atoms with Crippen LogP contribution < -0.4 is 10.6 Å². The molecule has 6 atom stereocenters. The molecular formula is C10H17N6O12P3. The molecule has 3 unspecified atom stereocenters. The van der Waals surface area contributed by atoms with Crippen LogP contribution in [-0.4, -0.2) is 74.2 Å². The zero-order chi connectivity index (χ0) is 23.2. The molecule has 21 heteroatoms. The Hall–Kier alpha value is -1.36. The molecule has 31 heavy (non-hydrogen) atoms. The summed E-state index contributed by atoms with van der Waals surface area (Å²) in [5.41, 5.74) is 6.02. The topological polar surface area (TPSA) is 282 Å². The van der Waals surface area contributed by atoms with Crippen LogP contribution in [-0.2, 0) is 27.3 Å². The van der Waals surface area contributed by atoms with Gasteiger partial charge in [0.2, 0.25) is 0 Å². The van der Waals surface area contributed by atoms with E-state index in [4.69, 9.17) is 20.3 Å². The van der Waals surface area contributed by atoms with E-state index in [0.717, 1.165) is 11.2 Å². The van der Waals surface area contributed by atoms with E-state index in [1.54, 1.807) is 0 Å². The molecule has 0 bridgehead atoms. The summed E-state index contributed by atoms with van der Waals surface area (Å²) >= 11 is 0. The van der Waals surface area contributed by atoms with Crippen LogP contribution in [0.1, 0.15) is 6.23 Å². The highest BCUT2D eigenvalue weighted by molar-refractivity contribution is 7.70. The third-order valence-corrected chi connectivity index (χ3v) is 8.11. The summed E-state index contributed by atoms with van der Waals surface area (Å²) in [6.07, 6.45) is -3.62. The smallest absolute Gasteiger partial charge is 0.387 e. The SMILES string of the molecule is Nc1ncnc2c1ncn2[C@@H]1O[C@H](COP(=O)(O)OP(=O)(O)NP(=O)(O)O)[C@H](O)C1O. The van der Waals surface area contributed by atoms with E-state index in [1.165, 1.54) is 10.9 Å². The number of aliphatic hydroxyl groups excluding tert-OH is 2. The Kier molecular flexibility index (Phi) is 6.68. The highest BCUT2D eigenvalue weighted by atomic mass is 31.3. The maximum absolute atomic E-state index is 11.8. The molecule has 0 amide bonds. The number of ether oxygens (including phenoxy) is 1. The van der Waals surface area contributed by atoms with Crippen molar-refractivity contribution in [2.75, 3.05) is 12.3 Å². The molecule has 0 radical (unpaired) electrons. The lowest BCUT2D eigenvalue weighted by molar-refractivity contribution is -0.0502. The van der Waals surface area contributed by atoms with Gasteiger partial charge < -0.3 is 40.3 Å². The number of rotatable bonds is 8. The van der Waals surface area contributed by atoms with Crippen molar-refractivity contribution in [1.29, 1.82) is 0 Å². The fourth-order valence-corrected chi connectivity index (χ4v) is 6.10. The minimum absolute atomic E-state index is 0.0485. The largest absolute Gasteiger partial charge is 0.480 e. The number of phosphoric acid groups is 1. The molecule has 18 nitrogen and oxygen atoms in total. The van der Waals surface area contributed by atoms with Gasteiger partial charge >= 0.3 is 23.3 Å². The summed E-state index contributed by atoms with van der Waals surface area (Å²) in [5.74, 6) is 0.0485. The van der Waals surface area contributed by atoms with Crippen molar-refractivity contribution in [3.8, 4) is 0 Å². The minimum Gasteiger partial charge on any atom is -0.387 e. The predicted octanol–water partition coefficient (Wildman–Crippen LogP) is -2.06. The van der Waals surface area contributed by atoms with Gasteiger partial charge in [0, 0.05) is 0 Å². The van der Waals surface area contributed by atoms with Gasteiger partial charge in [-0.25, -0.2) is 28.6 Å². The summed E-state index contributed by atoms with van der Waals surface area (Å²) in [6.45, 7) is -0.928. The lowest BCUT2D eigenvalue weighted by Crippen LogP contribution is -2.33. The predicted molar refractivity (Wildman–Crippen MR) is 97.5 cm³/mol. The van der Waals surface area contributed by atoms with Crippen LogP contribution in [0.3, 0.4) is 0 Å². The standard InChI is InChI=1S/C10H17N6O12P3/c11-8-5-9(13-2-12-8)16(3-14-5)10-7(18)6(17)4(27-10)1-26-31(24,25)28-30(22,23)15-29(19,20)21/h2-4,6-7,10,17-18H,1H2,(H,24,25)(H2,11,12,13)(H4,15,19,20,21,22,23)/t4-,6+,7?,10-/m1/s1. The molecule has 2 aromatic rings. The molecule has 3 rings (SSSR count). The summed E-state index contributed by atoms with van der Waals surface area (Å²) in [7, 11) is -16.1. The normalized spacial score (nSPS) is 28.5. The van der Waals surface area contributed by atoms with Crippen LogP contribution in [0.15, 0.2) is 12.7 Å². The van der Waals surface area contributed by atoms with Gasteiger partial charge in [0.25, 0.3) is 0 Å². The van der Waals surface area contributed by atoms with Gasteiger partial charge in [-0.05, 0) is 0 Å². The van der Waals surface area contributed by atoms with Gasteiger partial charge in [-0.15, -0.1) is 4.86 Å². The van der Waals surface area contributed by atoms with Crippen molar-refractivity contribution in [3.05, 3.63) is 12.7 Å². The molecular weight excluding hydrogens is 489 g/mol. The van der Waals surface area contributed by atoms with Crippen LogP contribution in [0, 0.1) is 0 Å². The van der Waals surface area contributed by atoms with Crippen molar-refractivity contribution < 1.29 is 57.1 Å². The molecule has 0 saturated carbocycles. The molecule has 1 saturated heterocycles. The minimum atomic E-state index is -5.45. The van der Waals surface area contributed by atoms with E-state index < -0.39 is 54.5 Å². The van der Waals surface area contributed by atoms with E-state index in [-0.39, 0.29) is 17.0 Å². The van der Waals surface area contributed by atoms with Crippen molar-refractivity contribution in [2.24, 2.45) is 0 Å². The average Bonchev–Trinajstić information content (AvgIpc) is 3.13. The summed E-state index contributed by atoms with van der Waals surface area (Å²) in [5, 5.41) is 20.4. The van der Waals surface area contributed by atoms with Gasteiger partial charge in [0.1, 0.15) is 30.2 Å². The van der Waals surface area contributed by atoms with E-state index in [0.29, 0.717) is 0 Å². The second-order valence-corrected chi connectivity index (χ2v) is 10.9. The van der Waals surface area contributed by atoms with Crippen molar-refractivity contribution in [2.45, 2.75) is 24.5 Å².